The molecule has 2 fully saturated rings. The van der Waals surface area contributed by atoms with E-state index in [0.29, 0.717) is 30.9 Å². The molecule has 2 amide bonds. The van der Waals surface area contributed by atoms with Crippen LogP contribution >= 0.6 is 0 Å². The summed E-state index contributed by atoms with van der Waals surface area (Å²) in [5.41, 5.74) is 1.00. The van der Waals surface area contributed by atoms with Crippen LogP contribution in [0.3, 0.4) is 0 Å². The maximum Gasteiger partial charge on any atom is 0.288 e. The largest absolute Gasteiger partial charge is 0.493 e. The minimum atomic E-state index is -0.264. The molecule has 8 nitrogen and oxygen atoms in total. The molecule has 2 N–H and O–H groups in total. The van der Waals surface area contributed by atoms with Gasteiger partial charge in [-0.1, -0.05) is 12.1 Å². The minimum Gasteiger partial charge on any atom is -0.493 e. The van der Waals surface area contributed by atoms with Gasteiger partial charge in [-0.15, -0.1) is 0 Å². The van der Waals surface area contributed by atoms with Gasteiger partial charge >= 0.3 is 0 Å². The van der Waals surface area contributed by atoms with Gasteiger partial charge in [0.2, 0.25) is 5.91 Å². The fourth-order valence-electron chi connectivity index (χ4n) is 4.48. The Morgan fingerprint density at radius 1 is 1.06 bits per heavy atom. The molecule has 0 unspecified atom stereocenters. The average Bonchev–Trinajstić information content (AvgIpc) is 3.11. The Morgan fingerprint density at radius 3 is 2.52 bits per heavy atom. The van der Waals surface area contributed by atoms with Crippen LogP contribution in [0.4, 0.5) is 5.82 Å². The second-order valence-electron chi connectivity index (χ2n) is 7.97. The second-order valence-corrected chi connectivity index (χ2v) is 7.97. The van der Waals surface area contributed by atoms with Gasteiger partial charge in [0.15, 0.2) is 17.5 Å². The number of piperazine rings is 1. The van der Waals surface area contributed by atoms with Crippen molar-refractivity contribution in [2.45, 2.75) is 18.9 Å². The summed E-state index contributed by atoms with van der Waals surface area (Å²) in [6.07, 6.45) is 2.82. The number of ether oxygens (including phenoxy) is 2. The minimum absolute atomic E-state index is 0.0415. The van der Waals surface area contributed by atoms with Crippen LogP contribution in [0.5, 0.6) is 11.5 Å². The predicted molar refractivity (Wildman–Crippen MR) is 114 cm³/mol. The molecule has 0 spiro atoms. The number of rotatable bonds is 7. The van der Waals surface area contributed by atoms with Crippen molar-refractivity contribution >= 4 is 17.6 Å². The van der Waals surface area contributed by atoms with E-state index in [1.54, 1.807) is 14.2 Å². The van der Waals surface area contributed by atoms with Crippen molar-refractivity contribution in [3.8, 4) is 11.5 Å². The SMILES string of the molecule is COc1ccc(CCN2C(=O)C[C@@H]([NH+]3CCN(c4cccc[nH+]4)CC3)C2=O)cc1OC. The van der Waals surface area contributed by atoms with Gasteiger partial charge in [0, 0.05) is 12.6 Å². The quantitative estimate of drug-likeness (QED) is 0.610. The standard InChI is InChI=1S/C23H28N4O4/c1-30-19-7-6-17(15-20(19)31-2)8-10-27-22(28)16-18(23(27)29)25-11-13-26(14-12-25)21-5-3-4-9-24-21/h3-7,9,15,18H,8,10-14,16H2,1-2H3/p+2/t18-/m1/s1. The number of H-pyrrole nitrogens is 1. The third-order valence-electron chi connectivity index (χ3n) is 6.25. The normalized spacial score (nSPS) is 19.7. The number of hydrogen-bond donors (Lipinski definition) is 1. The Kier molecular flexibility index (Phi) is 6.36. The first kappa shape index (κ1) is 21.1. The predicted octanol–water partition coefficient (Wildman–Crippen LogP) is -0.407. The highest BCUT2D eigenvalue weighted by molar-refractivity contribution is 6.04. The highest BCUT2D eigenvalue weighted by Gasteiger charge is 2.46. The van der Waals surface area contributed by atoms with Crippen molar-refractivity contribution in [3.05, 3.63) is 48.2 Å². The zero-order valence-electron chi connectivity index (χ0n) is 18.1. The average molecular weight is 427 g/mol. The first-order chi connectivity index (χ1) is 15.1. The third-order valence-corrected chi connectivity index (χ3v) is 6.25. The number of benzene rings is 1. The number of hydrogen-bond acceptors (Lipinski definition) is 5. The summed E-state index contributed by atoms with van der Waals surface area (Å²) < 4.78 is 10.6. The molecular weight excluding hydrogens is 396 g/mol. The van der Waals surface area contributed by atoms with Crippen molar-refractivity contribution in [3.63, 3.8) is 0 Å². The zero-order chi connectivity index (χ0) is 21.8. The Morgan fingerprint density at radius 2 is 1.84 bits per heavy atom. The van der Waals surface area contributed by atoms with Crippen LogP contribution in [0, 0.1) is 0 Å². The molecule has 1 aromatic carbocycles. The third kappa shape index (κ3) is 4.49. The maximum atomic E-state index is 13.0. The smallest absolute Gasteiger partial charge is 0.288 e. The van der Waals surface area contributed by atoms with Gasteiger partial charge < -0.3 is 14.4 Å². The van der Waals surface area contributed by atoms with Gasteiger partial charge in [-0.3, -0.25) is 19.4 Å². The highest BCUT2D eigenvalue weighted by atomic mass is 16.5. The molecule has 164 valence electrons. The number of aromatic amines is 1. The van der Waals surface area contributed by atoms with Crippen LogP contribution in [0.1, 0.15) is 12.0 Å². The lowest BCUT2D eigenvalue weighted by Crippen LogP contribution is -3.19. The van der Waals surface area contributed by atoms with Gasteiger partial charge in [0.25, 0.3) is 11.7 Å². The summed E-state index contributed by atoms with van der Waals surface area (Å²) in [4.78, 5) is 33.8. The van der Waals surface area contributed by atoms with Crippen molar-refractivity contribution in [1.29, 1.82) is 0 Å². The van der Waals surface area contributed by atoms with Crippen LogP contribution in [-0.4, -0.2) is 69.7 Å². The van der Waals surface area contributed by atoms with Crippen LogP contribution < -0.4 is 24.3 Å². The lowest BCUT2D eigenvalue weighted by Gasteiger charge is -2.31. The van der Waals surface area contributed by atoms with Crippen LogP contribution in [0.2, 0.25) is 0 Å². The summed E-state index contributed by atoms with van der Waals surface area (Å²) in [5, 5.41) is 0. The summed E-state index contributed by atoms with van der Waals surface area (Å²) >= 11 is 0. The molecule has 2 aliphatic rings. The Hall–Kier alpha value is -3.13. The molecule has 2 aromatic rings. The molecule has 0 saturated carbocycles. The zero-order valence-corrected chi connectivity index (χ0v) is 18.1. The van der Waals surface area contributed by atoms with E-state index in [9.17, 15) is 9.59 Å². The Bertz CT molecular complexity index is 928. The first-order valence-electron chi connectivity index (χ1n) is 10.7. The van der Waals surface area contributed by atoms with Gasteiger partial charge in [-0.05, 0) is 30.2 Å². The molecular formula is C23H30N4O4+2. The maximum absolute atomic E-state index is 13.0. The number of nitrogens with one attached hydrogen (secondary N) is 2. The number of imide groups is 1. The van der Waals surface area contributed by atoms with E-state index in [1.807, 2.05) is 36.5 Å². The topological polar surface area (TPSA) is 77.7 Å². The molecule has 0 radical (unpaired) electrons. The van der Waals surface area contributed by atoms with Crippen LogP contribution in [0.25, 0.3) is 0 Å². The van der Waals surface area contributed by atoms with E-state index < -0.39 is 0 Å². The van der Waals surface area contributed by atoms with Gasteiger partial charge in [0.1, 0.15) is 26.2 Å². The highest BCUT2D eigenvalue weighted by Crippen LogP contribution is 2.28. The summed E-state index contributed by atoms with van der Waals surface area (Å²) in [6, 6.07) is 11.5. The molecule has 8 heteroatoms. The number of carbonyl (C=O) groups is 2. The molecule has 2 saturated heterocycles. The Balaban J connectivity index is 1.34. The monoisotopic (exact) mass is 426 g/mol. The van der Waals surface area contributed by atoms with E-state index in [2.05, 4.69) is 16.0 Å². The van der Waals surface area contributed by atoms with E-state index in [1.165, 1.54) is 9.80 Å². The second kappa shape index (κ2) is 9.34. The molecule has 0 aliphatic carbocycles. The molecule has 1 aromatic heterocycles. The number of amides is 2. The fourth-order valence-corrected chi connectivity index (χ4v) is 4.48. The number of nitrogens with zero attached hydrogens (tertiary/aromatic N) is 2. The van der Waals surface area contributed by atoms with Crippen molar-refractivity contribution in [2.24, 2.45) is 0 Å². The molecule has 3 heterocycles. The summed E-state index contributed by atoms with van der Waals surface area (Å²) in [5.74, 6) is 2.29. The van der Waals surface area contributed by atoms with Crippen molar-refractivity contribution < 1.29 is 28.9 Å². The van der Waals surface area contributed by atoms with Gasteiger partial charge in [-0.25, -0.2) is 4.98 Å². The fraction of sp³-hybridized carbons (Fsp3) is 0.435. The molecule has 1 atom stereocenters. The molecule has 4 rings (SSSR count). The summed E-state index contributed by atoms with van der Waals surface area (Å²) in [6.45, 7) is 3.80. The number of methoxy groups -OCH3 is 2. The number of anilines is 1. The number of carbonyl (C=O) groups excluding carboxylic acids is 2. The molecule has 31 heavy (non-hydrogen) atoms. The lowest BCUT2D eigenvalue weighted by atomic mass is 10.1. The van der Waals surface area contributed by atoms with Gasteiger partial charge in [-0.2, -0.15) is 0 Å². The van der Waals surface area contributed by atoms with Crippen LogP contribution in [-0.2, 0) is 16.0 Å². The van der Waals surface area contributed by atoms with E-state index in [-0.39, 0.29) is 17.9 Å². The first-order valence-corrected chi connectivity index (χ1v) is 10.7. The molecule has 2 aliphatic heterocycles. The van der Waals surface area contributed by atoms with E-state index in [0.717, 1.165) is 37.6 Å². The van der Waals surface area contributed by atoms with Crippen molar-refractivity contribution in [2.75, 3.05) is 51.8 Å². The number of aromatic nitrogens is 1. The Labute approximate surface area is 182 Å². The summed E-state index contributed by atoms with van der Waals surface area (Å²) in [7, 11) is 3.19. The number of likely N-dealkylation sites (tertiary alicyclic amines) is 1. The molecule has 0 bridgehead atoms. The lowest BCUT2D eigenvalue weighted by molar-refractivity contribution is -0.915. The number of pyridine rings is 1. The van der Waals surface area contributed by atoms with Crippen molar-refractivity contribution in [1.82, 2.24) is 4.90 Å². The van der Waals surface area contributed by atoms with E-state index in [4.69, 9.17) is 9.47 Å². The van der Waals surface area contributed by atoms with Crippen LogP contribution in [0.15, 0.2) is 42.6 Å². The van der Waals surface area contributed by atoms with E-state index >= 15 is 0 Å². The number of quaternary nitrogens is 1. The van der Waals surface area contributed by atoms with Gasteiger partial charge in [0.05, 0.1) is 26.8 Å².